The first-order valence-electron chi connectivity index (χ1n) is 5.55. The Labute approximate surface area is 102 Å². The summed E-state index contributed by atoms with van der Waals surface area (Å²) in [6, 6.07) is 0.660. The van der Waals surface area contributed by atoms with E-state index in [4.69, 9.17) is 0 Å². The van der Waals surface area contributed by atoms with Gasteiger partial charge in [0.2, 0.25) is 0 Å². The highest BCUT2D eigenvalue weighted by atomic mass is 79.9. The fourth-order valence-electron chi connectivity index (χ4n) is 2.04. The minimum absolute atomic E-state index is 0.660. The topological polar surface area (TPSA) is 33.4 Å². The van der Waals surface area contributed by atoms with E-state index in [1.807, 2.05) is 23.0 Å². The van der Waals surface area contributed by atoms with Gasteiger partial charge >= 0.3 is 0 Å². The van der Waals surface area contributed by atoms with Gasteiger partial charge in [-0.25, -0.2) is 9.97 Å². The molecule has 0 atom stereocenters. The van der Waals surface area contributed by atoms with E-state index < -0.39 is 0 Å². The third-order valence-corrected chi connectivity index (χ3v) is 3.31. The molecule has 3 rings (SSSR count). The zero-order valence-corrected chi connectivity index (χ0v) is 10.7. The van der Waals surface area contributed by atoms with Crippen LogP contribution in [0.5, 0.6) is 0 Å². The van der Waals surface area contributed by atoms with E-state index in [9.17, 15) is 0 Å². The fraction of sp³-hybridized carbons (Fsp3) is 0.455. The van der Waals surface area contributed by atoms with Crippen molar-refractivity contribution in [2.45, 2.75) is 25.8 Å². The number of nitrogens with zero attached hydrogens (tertiary/aromatic N) is 4. The van der Waals surface area contributed by atoms with Crippen LogP contribution in [0.3, 0.4) is 0 Å². The molecule has 0 N–H and O–H groups in total. The van der Waals surface area contributed by atoms with Gasteiger partial charge in [-0.05, 0) is 35.7 Å². The summed E-state index contributed by atoms with van der Waals surface area (Å²) in [6.07, 6.45) is 8.25. The monoisotopic (exact) mass is 280 g/mol. The summed E-state index contributed by atoms with van der Waals surface area (Å²) in [7, 11) is 0. The highest BCUT2D eigenvalue weighted by Gasteiger charge is 2.30. The summed E-state index contributed by atoms with van der Waals surface area (Å²) in [4.78, 5) is 11.3. The van der Waals surface area contributed by atoms with Crippen molar-refractivity contribution < 1.29 is 0 Å². The summed E-state index contributed by atoms with van der Waals surface area (Å²) in [6.45, 7) is 3.15. The maximum atomic E-state index is 4.57. The molecule has 0 bridgehead atoms. The molecule has 1 aliphatic carbocycles. The van der Waals surface area contributed by atoms with Crippen molar-refractivity contribution >= 4 is 27.4 Å². The smallest absolute Gasteiger partial charge is 0.180 e. The lowest BCUT2D eigenvalue weighted by Gasteiger charge is -2.21. The molecule has 0 unspecified atom stereocenters. The van der Waals surface area contributed by atoms with Crippen molar-refractivity contribution in [2.24, 2.45) is 0 Å². The molecule has 1 aliphatic rings. The molecule has 0 aromatic carbocycles. The first-order valence-corrected chi connectivity index (χ1v) is 6.34. The predicted octanol–water partition coefficient (Wildman–Crippen LogP) is 2.48. The third-order valence-electron chi connectivity index (χ3n) is 2.93. The first kappa shape index (κ1) is 10.1. The van der Waals surface area contributed by atoms with Crippen LogP contribution in [0, 0.1) is 0 Å². The number of fused-ring (bicyclic) bond motifs is 1. The van der Waals surface area contributed by atoms with Gasteiger partial charge in [-0.2, -0.15) is 0 Å². The number of aromatic nitrogens is 3. The maximum Gasteiger partial charge on any atom is 0.180 e. The Kier molecular flexibility index (Phi) is 2.35. The number of rotatable bonds is 3. The zero-order valence-electron chi connectivity index (χ0n) is 9.10. The Morgan fingerprint density at radius 2 is 2.38 bits per heavy atom. The summed E-state index contributed by atoms with van der Waals surface area (Å²) < 4.78 is 2.87. The predicted molar refractivity (Wildman–Crippen MR) is 66.7 cm³/mol. The fourth-order valence-corrected chi connectivity index (χ4v) is 2.43. The van der Waals surface area contributed by atoms with Crippen LogP contribution in [0.25, 0.3) is 5.65 Å². The number of anilines is 1. The second kappa shape index (κ2) is 3.73. The zero-order chi connectivity index (χ0) is 11.1. The van der Waals surface area contributed by atoms with Crippen molar-refractivity contribution in [3.63, 3.8) is 0 Å². The molecule has 0 radical (unpaired) electrons. The molecule has 1 fully saturated rings. The molecule has 2 aromatic rings. The number of imidazole rings is 1. The molecular weight excluding hydrogens is 268 g/mol. The molecular formula is C11H13BrN4. The molecule has 0 aliphatic heterocycles. The standard InChI is InChI=1S/C11H13BrN4/c1-2-16(8-3-4-8)11-10-13-5-6-15(10)7-9(12)14-11/h5-8H,2-4H2,1H3. The van der Waals surface area contributed by atoms with E-state index in [0.29, 0.717) is 6.04 Å². The molecule has 84 valence electrons. The van der Waals surface area contributed by atoms with Crippen LogP contribution in [0.2, 0.25) is 0 Å². The summed E-state index contributed by atoms with van der Waals surface area (Å²) in [5.41, 5.74) is 0.942. The summed E-state index contributed by atoms with van der Waals surface area (Å²) in [5.74, 6) is 0.990. The number of hydrogen-bond donors (Lipinski definition) is 0. The van der Waals surface area contributed by atoms with Crippen molar-refractivity contribution in [3.8, 4) is 0 Å². The van der Waals surface area contributed by atoms with Gasteiger partial charge in [-0.3, -0.25) is 0 Å². The van der Waals surface area contributed by atoms with Crippen molar-refractivity contribution in [1.82, 2.24) is 14.4 Å². The van der Waals surface area contributed by atoms with E-state index >= 15 is 0 Å². The van der Waals surface area contributed by atoms with Gasteiger partial charge in [0.05, 0.1) is 0 Å². The highest BCUT2D eigenvalue weighted by Crippen LogP contribution is 2.32. The third kappa shape index (κ3) is 1.59. The average Bonchev–Trinajstić information content (AvgIpc) is 2.97. The Morgan fingerprint density at radius 1 is 1.56 bits per heavy atom. The molecule has 4 nitrogen and oxygen atoms in total. The van der Waals surface area contributed by atoms with Crippen LogP contribution >= 0.6 is 15.9 Å². The van der Waals surface area contributed by atoms with E-state index in [1.165, 1.54) is 12.8 Å². The molecule has 16 heavy (non-hydrogen) atoms. The molecule has 5 heteroatoms. The largest absolute Gasteiger partial charge is 0.351 e. The van der Waals surface area contributed by atoms with Crippen LogP contribution in [-0.4, -0.2) is 27.0 Å². The van der Waals surface area contributed by atoms with Crippen LogP contribution in [0.15, 0.2) is 23.2 Å². The lowest BCUT2D eigenvalue weighted by Crippen LogP contribution is -2.26. The lowest BCUT2D eigenvalue weighted by atomic mass is 10.4. The molecule has 1 saturated carbocycles. The SMILES string of the molecule is CCN(c1nc(Br)cn2ccnc12)C1CC1. The van der Waals surface area contributed by atoms with Crippen LogP contribution < -0.4 is 4.90 Å². The highest BCUT2D eigenvalue weighted by molar-refractivity contribution is 9.10. The Hall–Kier alpha value is -1.10. The van der Waals surface area contributed by atoms with Crippen molar-refractivity contribution in [2.75, 3.05) is 11.4 Å². The van der Waals surface area contributed by atoms with Crippen LogP contribution in [-0.2, 0) is 0 Å². The second-order valence-electron chi connectivity index (χ2n) is 4.06. The van der Waals surface area contributed by atoms with Crippen LogP contribution in [0.1, 0.15) is 19.8 Å². The summed E-state index contributed by atoms with van der Waals surface area (Å²) >= 11 is 3.45. The summed E-state index contributed by atoms with van der Waals surface area (Å²) in [5, 5.41) is 0. The normalized spacial score (nSPS) is 15.6. The van der Waals surface area contributed by atoms with Crippen LogP contribution in [0.4, 0.5) is 5.82 Å². The van der Waals surface area contributed by atoms with Gasteiger partial charge < -0.3 is 9.30 Å². The number of hydrogen-bond acceptors (Lipinski definition) is 3. The molecule has 2 heterocycles. The average molecular weight is 281 g/mol. The molecule has 0 saturated heterocycles. The van der Waals surface area contributed by atoms with Gasteiger partial charge in [0.15, 0.2) is 11.5 Å². The van der Waals surface area contributed by atoms with Crippen molar-refractivity contribution in [1.29, 1.82) is 0 Å². The van der Waals surface area contributed by atoms with E-state index in [2.05, 4.69) is 37.7 Å². The Bertz CT molecular complexity index is 518. The van der Waals surface area contributed by atoms with Gasteiger partial charge in [0.25, 0.3) is 0 Å². The molecule has 0 amide bonds. The quantitative estimate of drug-likeness (QED) is 0.866. The number of halogens is 1. The second-order valence-corrected chi connectivity index (χ2v) is 4.88. The first-order chi connectivity index (χ1) is 7.79. The molecule has 2 aromatic heterocycles. The molecule has 0 spiro atoms. The van der Waals surface area contributed by atoms with Gasteiger partial charge in [0, 0.05) is 31.2 Å². The van der Waals surface area contributed by atoms with Crippen molar-refractivity contribution in [3.05, 3.63) is 23.2 Å². The maximum absolute atomic E-state index is 4.57. The van der Waals surface area contributed by atoms with E-state index in [0.717, 1.165) is 22.6 Å². The van der Waals surface area contributed by atoms with Gasteiger partial charge in [0.1, 0.15) is 4.60 Å². The van der Waals surface area contributed by atoms with Gasteiger partial charge in [-0.1, -0.05) is 0 Å². The van der Waals surface area contributed by atoms with E-state index in [1.54, 1.807) is 0 Å². The van der Waals surface area contributed by atoms with E-state index in [-0.39, 0.29) is 0 Å². The minimum Gasteiger partial charge on any atom is -0.351 e. The minimum atomic E-state index is 0.660. The Balaban J connectivity index is 2.15. The Morgan fingerprint density at radius 3 is 3.06 bits per heavy atom. The lowest BCUT2D eigenvalue weighted by molar-refractivity contribution is 0.804. The van der Waals surface area contributed by atoms with Gasteiger partial charge in [-0.15, -0.1) is 0 Å².